The van der Waals surface area contributed by atoms with Crippen LogP contribution in [0.5, 0.6) is 0 Å². The van der Waals surface area contributed by atoms with Crippen molar-refractivity contribution in [1.82, 2.24) is 10.2 Å². The summed E-state index contributed by atoms with van der Waals surface area (Å²) in [4.78, 5) is 15.0. The molecule has 3 nitrogen and oxygen atoms in total. The maximum atomic E-state index is 12.9. The Kier molecular flexibility index (Phi) is 5.04. The van der Waals surface area contributed by atoms with Gasteiger partial charge in [0.1, 0.15) is 0 Å². The van der Waals surface area contributed by atoms with Gasteiger partial charge < -0.3 is 10.2 Å². The van der Waals surface area contributed by atoms with E-state index < -0.39 is 0 Å². The number of amides is 1. The molecule has 2 saturated heterocycles. The van der Waals surface area contributed by atoms with Crippen LogP contribution in [0.1, 0.15) is 58.3 Å². The number of hydrogen-bond acceptors (Lipinski definition) is 2. The van der Waals surface area contributed by atoms with Gasteiger partial charge in [-0.1, -0.05) is 32.6 Å². The SMILES string of the molecule is CCCC1(C(=O)N2CCCCCCC2)CCNC1. The average molecular weight is 252 g/mol. The molecule has 0 aliphatic carbocycles. The van der Waals surface area contributed by atoms with Crippen molar-refractivity contribution in [3.05, 3.63) is 0 Å². The van der Waals surface area contributed by atoms with Crippen LogP contribution in [0.2, 0.25) is 0 Å². The van der Waals surface area contributed by atoms with E-state index in [0.29, 0.717) is 5.91 Å². The molecule has 0 aromatic carbocycles. The van der Waals surface area contributed by atoms with E-state index >= 15 is 0 Å². The molecule has 3 heteroatoms. The van der Waals surface area contributed by atoms with Crippen LogP contribution in [0.25, 0.3) is 0 Å². The molecule has 1 atom stereocenters. The molecule has 2 aliphatic heterocycles. The quantitative estimate of drug-likeness (QED) is 0.837. The monoisotopic (exact) mass is 252 g/mol. The normalized spacial score (nSPS) is 29.9. The van der Waals surface area contributed by atoms with E-state index in [-0.39, 0.29) is 5.41 Å². The van der Waals surface area contributed by atoms with Crippen LogP contribution in [0.4, 0.5) is 0 Å². The summed E-state index contributed by atoms with van der Waals surface area (Å²) in [5.74, 6) is 0.441. The molecule has 1 amide bonds. The number of nitrogens with zero attached hydrogens (tertiary/aromatic N) is 1. The van der Waals surface area contributed by atoms with Gasteiger partial charge in [-0.15, -0.1) is 0 Å². The summed E-state index contributed by atoms with van der Waals surface area (Å²) in [5, 5.41) is 3.40. The average Bonchev–Trinajstić information content (AvgIpc) is 2.78. The van der Waals surface area contributed by atoms with Gasteiger partial charge in [-0.05, 0) is 32.2 Å². The van der Waals surface area contributed by atoms with Gasteiger partial charge in [0.15, 0.2) is 0 Å². The number of hydrogen-bond donors (Lipinski definition) is 1. The smallest absolute Gasteiger partial charge is 0.230 e. The molecule has 0 aromatic heterocycles. The van der Waals surface area contributed by atoms with Crippen molar-refractivity contribution in [2.45, 2.75) is 58.3 Å². The fourth-order valence-electron chi connectivity index (χ4n) is 3.51. The lowest BCUT2D eigenvalue weighted by molar-refractivity contribution is -0.142. The Labute approximate surface area is 111 Å². The molecular formula is C15H28N2O. The third-order valence-corrected chi connectivity index (χ3v) is 4.57. The Bertz CT molecular complexity index is 264. The van der Waals surface area contributed by atoms with Crippen molar-refractivity contribution in [2.75, 3.05) is 26.2 Å². The summed E-state index contributed by atoms with van der Waals surface area (Å²) in [5.41, 5.74) is -0.0754. The molecule has 18 heavy (non-hydrogen) atoms. The molecule has 0 bridgehead atoms. The van der Waals surface area contributed by atoms with Crippen LogP contribution in [-0.4, -0.2) is 37.0 Å². The van der Waals surface area contributed by atoms with E-state index in [9.17, 15) is 4.79 Å². The Balaban J connectivity index is 2.02. The van der Waals surface area contributed by atoms with Gasteiger partial charge in [-0.2, -0.15) is 0 Å². The summed E-state index contributed by atoms with van der Waals surface area (Å²) < 4.78 is 0. The van der Waals surface area contributed by atoms with Crippen molar-refractivity contribution in [3.8, 4) is 0 Å². The van der Waals surface area contributed by atoms with E-state index in [0.717, 1.165) is 45.4 Å². The largest absolute Gasteiger partial charge is 0.342 e. The molecule has 104 valence electrons. The van der Waals surface area contributed by atoms with Gasteiger partial charge in [0.05, 0.1) is 5.41 Å². The summed E-state index contributed by atoms with van der Waals surface area (Å²) in [6.45, 7) is 6.09. The van der Waals surface area contributed by atoms with Crippen LogP contribution in [-0.2, 0) is 4.79 Å². The van der Waals surface area contributed by atoms with Gasteiger partial charge in [-0.25, -0.2) is 0 Å². The molecule has 2 heterocycles. The first-order valence-corrected chi connectivity index (χ1v) is 7.79. The number of rotatable bonds is 3. The molecule has 1 N–H and O–H groups in total. The second-order valence-corrected chi connectivity index (χ2v) is 6.02. The van der Waals surface area contributed by atoms with Crippen LogP contribution in [0.15, 0.2) is 0 Å². The van der Waals surface area contributed by atoms with Crippen molar-refractivity contribution in [1.29, 1.82) is 0 Å². The van der Waals surface area contributed by atoms with Crippen LogP contribution >= 0.6 is 0 Å². The lowest BCUT2D eigenvalue weighted by Gasteiger charge is -2.35. The van der Waals surface area contributed by atoms with Crippen molar-refractivity contribution < 1.29 is 4.79 Å². The molecule has 0 saturated carbocycles. The van der Waals surface area contributed by atoms with E-state index in [2.05, 4.69) is 17.1 Å². The first kappa shape index (κ1) is 13.9. The molecule has 0 aromatic rings. The molecule has 2 aliphatic rings. The second-order valence-electron chi connectivity index (χ2n) is 6.02. The standard InChI is InChI=1S/C15H28N2O/c1-2-8-15(9-10-16-13-15)14(18)17-11-6-4-3-5-7-12-17/h16H,2-13H2,1H3. The Morgan fingerprint density at radius 1 is 1.17 bits per heavy atom. The highest BCUT2D eigenvalue weighted by Gasteiger charge is 2.42. The highest BCUT2D eigenvalue weighted by atomic mass is 16.2. The van der Waals surface area contributed by atoms with Gasteiger partial charge >= 0.3 is 0 Å². The van der Waals surface area contributed by atoms with Crippen LogP contribution < -0.4 is 5.32 Å². The van der Waals surface area contributed by atoms with Crippen LogP contribution in [0.3, 0.4) is 0 Å². The topological polar surface area (TPSA) is 32.3 Å². The second kappa shape index (κ2) is 6.55. The van der Waals surface area contributed by atoms with E-state index in [4.69, 9.17) is 0 Å². The third kappa shape index (κ3) is 3.05. The fraction of sp³-hybridized carbons (Fsp3) is 0.933. The highest BCUT2D eigenvalue weighted by molar-refractivity contribution is 5.83. The predicted octanol–water partition coefficient (Wildman–Crippen LogP) is 2.56. The minimum Gasteiger partial charge on any atom is -0.342 e. The van der Waals surface area contributed by atoms with E-state index in [1.165, 1.54) is 32.1 Å². The fourth-order valence-corrected chi connectivity index (χ4v) is 3.51. The molecular weight excluding hydrogens is 224 g/mol. The number of carbonyl (C=O) groups is 1. The summed E-state index contributed by atoms with van der Waals surface area (Å²) in [6.07, 6.45) is 9.53. The Morgan fingerprint density at radius 2 is 1.83 bits per heavy atom. The van der Waals surface area contributed by atoms with Gasteiger partial charge in [0.25, 0.3) is 0 Å². The van der Waals surface area contributed by atoms with Crippen molar-refractivity contribution >= 4 is 5.91 Å². The van der Waals surface area contributed by atoms with Crippen molar-refractivity contribution in [3.63, 3.8) is 0 Å². The zero-order valence-electron chi connectivity index (χ0n) is 11.8. The summed E-state index contributed by atoms with van der Waals surface area (Å²) >= 11 is 0. The molecule has 2 rings (SSSR count). The minimum absolute atomic E-state index is 0.0754. The zero-order valence-corrected chi connectivity index (χ0v) is 11.8. The van der Waals surface area contributed by atoms with Gasteiger partial charge in [0, 0.05) is 19.6 Å². The van der Waals surface area contributed by atoms with E-state index in [1.54, 1.807) is 0 Å². The summed E-state index contributed by atoms with van der Waals surface area (Å²) in [6, 6.07) is 0. The zero-order chi connectivity index (χ0) is 12.8. The predicted molar refractivity (Wildman–Crippen MR) is 74.5 cm³/mol. The molecule has 0 radical (unpaired) electrons. The summed E-state index contributed by atoms with van der Waals surface area (Å²) in [7, 11) is 0. The Hall–Kier alpha value is -0.570. The lowest BCUT2D eigenvalue weighted by atomic mass is 9.80. The Morgan fingerprint density at radius 3 is 2.39 bits per heavy atom. The van der Waals surface area contributed by atoms with Gasteiger partial charge in [-0.3, -0.25) is 4.79 Å². The maximum Gasteiger partial charge on any atom is 0.230 e. The third-order valence-electron chi connectivity index (χ3n) is 4.57. The number of likely N-dealkylation sites (tertiary alicyclic amines) is 1. The highest BCUT2D eigenvalue weighted by Crippen LogP contribution is 2.33. The van der Waals surface area contributed by atoms with E-state index in [1.807, 2.05) is 0 Å². The first-order valence-electron chi connectivity index (χ1n) is 7.79. The lowest BCUT2D eigenvalue weighted by Crippen LogP contribution is -2.46. The molecule has 0 spiro atoms. The maximum absolute atomic E-state index is 12.9. The number of carbonyl (C=O) groups excluding carboxylic acids is 1. The molecule has 1 unspecified atom stereocenters. The van der Waals surface area contributed by atoms with Crippen LogP contribution in [0, 0.1) is 5.41 Å². The van der Waals surface area contributed by atoms with Gasteiger partial charge in [0.2, 0.25) is 5.91 Å². The minimum atomic E-state index is -0.0754. The first-order chi connectivity index (χ1) is 8.78. The van der Waals surface area contributed by atoms with Crippen molar-refractivity contribution in [2.24, 2.45) is 5.41 Å². The molecule has 2 fully saturated rings. The number of nitrogens with one attached hydrogen (secondary N) is 1.